The standard InChI is InChI=1S/C19H17ClFN3O2/c1-12-8-16(15(21)9-14(12)20)22-19-23-18(25)17(26-2)11-24(19)10-13-6-4-3-5-7-13/h3-9,11H,10H2,1-2H3,(H,22,23,25). The Bertz CT molecular complexity index is 990. The van der Waals surface area contributed by atoms with Gasteiger partial charge in [0, 0.05) is 5.02 Å². The third kappa shape index (κ3) is 3.86. The molecule has 134 valence electrons. The van der Waals surface area contributed by atoms with Crippen LogP contribution in [-0.2, 0) is 6.54 Å². The van der Waals surface area contributed by atoms with Crippen molar-refractivity contribution in [3.05, 3.63) is 81.0 Å². The number of benzene rings is 2. The van der Waals surface area contributed by atoms with Crippen molar-refractivity contribution in [1.29, 1.82) is 0 Å². The van der Waals surface area contributed by atoms with E-state index < -0.39 is 11.4 Å². The molecule has 26 heavy (non-hydrogen) atoms. The molecule has 0 amide bonds. The summed E-state index contributed by atoms with van der Waals surface area (Å²) in [6, 6.07) is 12.4. The van der Waals surface area contributed by atoms with Crippen LogP contribution in [0.15, 0.2) is 53.5 Å². The molecule has 5 nitrogen and oxygen atoms in total. The molecule has 0 spiro atoms. The number of hydrogen-bond donors (Lipinski definition) is 1. The van der Waals surface area contributed by atoms with Crippen LogP contribution in [0.4, 0.5) is 16.0 Å². The lowest BCUT2D eigenvalue weighted by atomic mass is 10.2. The summed E-state index contributed by atoms with van der Waals surface area (Å²) in [5.41, 5.74) is 1.35. The Balaban J connectivity index is 2.04. The molecule has 1 N–H and O–H groups in total. The first-order valence-electron chi connectivity index (χ1n) is 7.90. The van der Waals surface area contributed by atoms with Gasteiger partial charge in [0.1, 0.15) is 5.82 Å². The number of anilines is 2. The summed E-state index contributed by atoms with van der Waals surface area (Å²) in [5.74, 6) is -0.212. The van der Waals surface area contributed by atoms with Gasteiger partial charge in [-0.3, -0.25) is 4.79 Å². The average Bonchev–Trinajstić information content (AvgIpc) is 2.62. The molecule has 0 radical (unpaired) electrons. The largest absolute Gasteiger partial charge is 0.490 e. The van der Waals surface area contributed by atoms with E-state index in [1.165, 1.54) is 13.2 Å². The predicted molar refractivity (Wildman–Crippen MR) is 100 cm³/mol. The second kappa shape index (κ2) is 7.58. The maximum Gasteiger partial charge on any atom is 0.316 e. The predicted octanol–water partition coefficient (Wildman–Crippen LogP) is 4.14. The number of aryl methyl sites for hydroxylation is 1. The van der Waals surface area contributed by atoms with Gasteiger partial charge in [0.25, 0.3) is 0 Å². The Morgan fingerprint density at radius 1 is 1.27 bits per heavy atom. The molecule has 1 heterocycles. The summed E-state index contributed by atoms with van der Waals surface area (Å²) in [4.78, 5) is 16.1. The maximum atomic E-state index is 14.2. The van der Waals surface area contributed by atoms with Gasteiger partial charge >= 0.3 is 5.56 Å². The minimum absolute atomic E-state index is 0.110. The van der Waals surface area contributed by atoms with Crippen molar-refractivity contribution < 1.29 is 9.13 Å². The molecular formula is C19H17ClFN3O2. The first-order chi connectivity index (χ1) is 12.5. The highest BCUT2D eigenvalue weighted by atomic mass is 35.5. The highest BCUT2D eigenvalue weighted by molar-refractivity contribution is 6.31. The molecule has 0 atom stereocenters. The Kier molecular flexibility index (Phi) is 5.23. The van der Waals surface area contributed by atoms with E-state index >= 15 is 0 Å². The minimum Gasteiger partial charge on any atom is -0.490 e. The molecule has 0 unspecified atom stereocenters. The van der Waals surface area contributed by atoms with Gasteiger partial charge < -0.3 is 14.6 Å². The number of hydrogen-bond acceptors (Lipinski definition) is 4. The zero-order valence-electron chi connectivity index (χ0n) is 14.3. The van der Waals surface area contributed by atoms with Crippen LogP contribution in [0.2, 0.25) is 5.02 Å². The van der Waals surface area contributed by atoms with Crippen molar-refractivity contribution in [2.24, 2.45) is 0 Å². The van der Waals surface area contributed by atoms with Gasteiger partial charge in [0.05, 0.1) is 25.5 Å². The van der Waals surface area contributed by atoms with Crippen molar-refractivity contribution in [3.8, 4) is 5.75 Å². The lowest BCUT2D eigenvalue weighted by Crippen LogP contribution is -2.19. The molecule has 1 aromatic heterocycles. The first-order valence-corrected chi connectivity index (χ1v) is 8.28. The molecular weight excluding hydrogens is 357 g/mol. The van der Waals surface area contributed by atoms with Crippen LogP contribution >= 0.6 is 11.6 Å². The molecule has 0 saturated carbocycles. The summed E-state index contributed by atoms with van der Waals surface area (Å²) in [6.07, 6.45) is 1.55. The second-order valence-electron chi connectivity index (χ2n) is 5.76. The third-order valence-electron chi connectivity index (χ3n) is 3.87. The Morgan fingerprint density at radius 3 is 2.69 bits per heavy atom. The van der Waals surface area contributed by atoms with Gasteiger partial charge in [-0.1, -0.05) is 41.9 Å². The monoisotopic (exact) mass is 373 g/mol. The summed E-state index contributed by atoms with van der Waals surface area (Å²) >= 11 is 5.94. The van der Waals surface area contributed by atoms with Crippen molar-refractivity contribution in [2.45, 2.75) is 13.5 Å². The summed E-state index contributed by atoms with van der Waals surface area (Å²) < 4.78 is 21.0. The van der Waals surface area contributed by atoms with Gasteiger partial charge in [-0.25, -0.2) is 4.39 Å². The SMILES string of the molecule is COc1cn(Cc2ccccc2)c(Nc2cc(C)c(Cl)cc2F)nc1=O. The zero-order valence-corrected chi connectivity index (χ0v) is 15.0. The highest BCUT2D eigenvalue weighted by Crippen LogP contribution is 2.26. The molecule has 0 bridgehead atoms. The van der Waals surface area contributed by atoms with Crippen LogP contribution in [0.1, 0.15) is 11.1 Å². The topological polar surface area (TPSA) is 56.1 Å². The van der Waals surface area contributed by atoms with E-state index in [0.717, 1.165) is 5.56 Å². The van der Waals surface area contributed by atoms with Crippen LogP contribution in [0.25, 0.3) is 0 Å². The number of nitrogens with one attached hydrogen (secondary N) is 1. The Morgan fingerprint density at radius 2 is 2.00 bits per heavy atom. The summed E-state index contributed by atoms with van der Waals surface area (Å²) in [6.45, 7) is 2.20. The molecule has 0 fully saturated rings. The average molecular weight is 374 g/mol. The summed E-state index contributed by atoms with van der Waals surface area (Å²) in [5, 5.41) is 3.21. The van der Waals surface area contributed by atoms with E-state index in [2.05, 4.69) is 10.3 Å². The van der Waals surface area contributed by atoms with Crippen LogP contribution in [0.5, 0.6) is 5.75 Å². The number of halogens is 2. The van der Waals surface area contributed by atoms with Crippen LogP contribution in [0.3, 0.4) is 0 Å². The van der Waals surface area contributed by atoms with Crippen LogP contribution in [0, 0.1) is 12.7 Å². The molecule has 0 saturated heterocycles. The van der Waals surface area contributed by atoms with Gasteiger partial charge in [-0.2, -0.15) is 4.98 Å². The summed E-state index contributed by atoms with van der Waals surface area (Å²) in [7, 11) is 1.40. The van der Waals surface area contributed by atoms with E-state index in [1.807, 2.05) is 30.3 Å². The second-order valence-corrected chi connectivity index (χ2v) is 6.16. The van der Waals surface area contributed by atoms with E-state index in [9.17, 15) is 9.18 Å². The van der Waals surface area contributed by atoms with Crippen molar-refractivity contribution in [1.82, 2.24) is 9.55 Å². The number of rotatable bonds is 5. The van der Waals surface area contributed by atoms with E-state index in [0.29, 0.717) is 17.1 Å². The zero-order chi connectivity index (χ0) is 18.7. The fourth-order valence-corrected chi connectivity index (χ4v) is 2.64. The molecule has 0 aliphatic rings. The van der Waals surface area contributed by atoms with Gasteiger partial charge in [0.15, 0.2) is 0 Å². The lowest BCUT2D eigenvalue weighted by Gasteiger charge is -2.16. The van der Waals surface area contributed by atoms with Crippen LogP contribution in [-0.4, -0.2) is 16.7 Å². The minimum atomic E-state index is -0.537. The molecule has 0 aliphatic carbocycles. The number of ether oxygens (including phenoxy) is 1. The normalized spacial score (nSPS) is 10.6. The number of methoxy groups -OCH3 is 1. The quantitative estimate of drug-likeness (QED) is 0.730. The lowest BCUT2D eigenvalue weighted by molar-refractivity contribution is 0.402. The van der Waals surface area contributed by atoms with Gasteiger partial charge in [-0.05, 0) is 30.2 Å². The Hall–Kier alpha value is -2.86. The smallest absolute Gasteiger partial charge is 0.316 e. The van der Waals surface area contributed by atoms with Crippen LogP contribution < -0.4 is 15.6 Å². The van der Waals surface area contributed by atoms with Crippen molar-refractivity contribution in [3.63, 3.8) is 0 Å². The molecule has 3 aromatic rings. The number of nitrogens with zero attached hydrogens (tertiary/aromatic N) is 2. The molecule has 0 aliphatic heterocycles. The fourth-order valence-electron chi connectivity index (χ4n) is 2.49. The number of aromatic nitrogens is 2. The van der Waals surface area contributed by atoms with E-state index in [1.54, 1.807) is 23.8 Å². The van der Waals surface area contributed by atoms with E-state index in [4.69, 9.17) is 16.3 Å². The van der Waals surface area contributed by atoms with E-state index in [-0.39, 0.29) is 17.4 Å². The van der Waals surface area contributed by atoms with Gasteiger partial charge in [0.2, 0.25) is 11.7 Å². The van der Waals surface area contributed by atoms with Crippen molar-refractivity contribution >= 4 is 23.2 Å². The highest BCUT2D eigenvalue weighted by Gasteiger charge is 2.13. The first kappa shape index (κ1) is 17.9. The Labute approximate surface area is 155 Å². The van der Waals surface area contributed by atoms with Gasteiger partial charge in [-0.15, -0.1) is 0 Å². The molecule has 2 aromatic carbocycles. The maximum absolute atomic E-state index is 14.2. The van der Waals surface area contributed by atoms with Crippen molar-refractivity contribution in [2.75, 3.05) is 12.4 Å². The fraction of sp³-hybridized carbons (Fsp3) is 0.158. The molecule has 3 rings (SSSR count). The third-order valence-corrected chi connectivity index (χ3v) is 4.28. The molecule has 7 heteroatoms.